The van der Waals surface area contributed by atoms with E-state index in [-0.39, 0.29) is 18.3 Å². The maximum Gasteiger partial charge on any atom is 0.226 e. The van der Waals surface area contributed by atoms with Crippen LogP contribution < -0.4 is 11.1 Å². The fraction of sp³-hybridized carbons (Fsp3) is 0.444. The first kappa shape index (κ1) is 20.2. The molecule has 0 aliphatic carbocycles. The van der Waals surface area contributed by atoms with Crippen molar-refractivity contribution in [1.82, 2.24) is 4.98 Å². The van der Waals surface area contributed by atoms with Crippen molar-refractivity contribution in [3.05, 3.63) is 35.7 Å². The maximum atomic E-state index is 12.0. The number of nitrogens with two attached hydrogens (primary N) is 1. The Morgan fingerprint density at radius 1 is 1.21 bits per heavy atom. The van der Waals surface area contributed by atoms with E-state index in [9.17, 15) is 4.79 Å². The first-order chi connectivity index (χ1) is 11.1. The smallest absolute Gasteiger partial charge is 0.226 e. The molecule has 6 heteroatoms. The van der Waals surface area contributed by atoms with Crippen LogP contribution in [0.15, 0.2) is 28.7 Å². The zero-order valence-electron chi connectivity index (χ0n) is 14.3. The van der Waals surface area contributed by atoms with Crippen molar-refractivity contribution in [2.75, 3.05) is 11.9 Å². The van der Waals surface area contributed by atoms with Crippen LogP contribution in [0.25, 0.3) is 11.5 Å². The average Bonchev–Trinajstić information content (AvgIpc) is 2.87. The van der Waals surface area contributed by atoms with Crippen molar-refractivity contribution in [2.45, 2.75) is 46.0 Å². The lowest BCUT2D eigenvalue weighted by Gasteiger charge is -2.06. The number of halogens is 1. The minimum atomic E-state index is 0. The molecule has 0 bridgehead atoms. The van der Waals surface area contributed by atoms with E-state index < -0.39 is 0 Å². The summed E-state index contributed by atoms with van der Waals surface area (Å²) in [7, 11) is 0. The second-order valence-electron chi connectivity index (χ2n) is 5.74. The van der Waals surface area contributed by atoms with Crippen molar-refractivity contribution in [1.29, 1.82) is 0 Å². The molecule has 2 aromatic rings. The highest BCUT2D eigenvalue weighted by Crippen LogP contribution is 2.24. The normalized spacial score (nSPS) is 10.3. The van der Waals surface area contributed by atoms with Gasteiger partial charge in [-0.25, -0.2) is 4.98 Å². The number of hydrogen-bond donors (Lipinski definition) is 2. The van der Waals surface area contributed by atoms with Gasteiger partial charge in [0.1, 0.15) is 5.76 Å². The number of nitrogens with one attached hydrogen (secondary N) is 1. The Hall–Kier alpha value is -1.85. The van der Waals surface area contributed by atoms with Crippen LogP contribution in [0, 0.1) is 13.8 Å². The molecule has 5 nitrogen and oxygen atoms in total. The molecule has 0 fully saturated rings. The Kier molecular flexibility index (Phi) is 8.50. The molecule has 132 valence electrons. The highest BCUT2D eigenvalue weighted by Gasteiger charge is 2.09. The van der Waals surface area contributed by atoms with E-state index in [1.165, 1.54) is 0 Å². The Morgan fingerprint density at radius 3 is 2.62 bits per heavy atom. The van der Waals surface area contributed by atoms with E-state index in [1.807, 2.05) is 38.1 Å². The van der Waals surface area contributed by atoms with Crippen LogP contribution in [0.1, 0.15) is 43.6 Å². The summed E-state index contributed by atoms with van der Waals surface area (Å²) in [6.45, 7) is 4.53. The molecule has 1 amide bonds. The molecule has 0 atom stereocenters. The topological polar surface area (TPSA) is 81.2 Å². The molecular weight excluding hydrogens is 326 g/mol. The third kappa shape index (κ3) is 5.98. The molecule has 1 aromatic heterocycles. The highest BCUT2D eigenvalue weighted by molar-refractivity contribution is 5.91. The van der Waals surface area contributed by atoms with Crippen molar-refractivity contribution in [3.63, 3.8) is 0 Å². The van der Waals surface area contributed by atoms with Crippen molar-refractivity contribution in [2.24, 2.45) is 5.73 Å². The van der Waals surface area contributed by atoms with E-state index in [0.29, 0.717) is 12.3 Å². The number of oxazole rings is 1. The number of carbonyl (C=O) groups excluding carboxylic acids is 1. The number of benzene rings is 1. The SMILES string of the molecule is Cc1nc(-c2cccc(NC(=O)CCCCCCN)c2)oc1C.Cl. The predicted octanol–water partition coefficient (Wildman–Crippen LogP) is 4.23. The van der Waals surface area contributed by atoms with E-state index in [1.54, 1.807) is 0 Å². The Bertz CT molecular complexity index is 636. The number of unbranched alkanes of at least 4 members (excludes halogenated alkanes) is 3. The summed E-state index contributed by atoms with van der Waals surface area (Å²) in [5, 5.41) is 2.93. The monoisotopic (exact) mass is 351 g/mol. The van der Waals surface area contributed by atoms with Crippen LogP contribution in [0.4, 0.5) is 5.69 Å². The van der Waals surface area contributed by atoms with Gasteiger partial charge in [0.2, 0.25) is 11.8 Å². The van der Waals surface area contributed by atoms with Crippen LogP contribution in [0.2, 0.25) is 0 Å². The minimum absolute atomic E-state index is 0. The summed E-state index contributed by atoms with van der Waals surface area (Å²) in [4.78, 5) is 16.4. The third-order valence-corrected chi connectivity index (χ3v) is 3.78. The molecule has 1 heterocycles. The third-order valence-electron chi connectivity index (χ3n) is 3.78. The number of rotatable bonds is 8. The number of carbonyl (C=O) groups is 1. The van der Waals surface area contributed by atoms with Crippen LogP contribution >= 0.6 is 12.4 Å². The molecule has 24 heavy (non-hydrogen) atoms. The molecule has 0 saturated carbocycles. The molecule has 0 radical (unpaired) electrons. The Balaban J connectivity index is 0.00000288. The molecule has 1 aromatic carbocycles. The zero-order valence-corrected chi connectivity index (χ0v) is 15.1. The molecule has 0 unspecified atom stereocenters. The van der Waals surface area contributed by atoms with Gasteiger partial charge in [-0.2, -0.15) is 0 Å². The Morgan fingerprint density at radius 2 is 1.96 bits per heavy atom. The molecule has 0 aliphatic rings. The van der Waals surface area contributed by atoms with Gasteiger partial charge in [-0.3, -0.25) is 4.79 Å². The lowest BCUT2D eigenvalue weighted by atomic mass is 10.1. The summed E-state index contributed by atoms with van der Waals surface area (Å²) in [6.07, 6.45) is 4.58. The van der Waals surface area contributed by atoms with Gasteiger partial charge >= 0.3 is 0 Å². The number of amides is 1. The highest BCUT2D eigenvalue weighted by atomic mass is 35.5. The quantitative estimate of drug-likeness (QED) is 0.697. The van der Waals surface area contributed by atoms with E-state index >= 15 is 0 Å². The van der Waals surface area contributed by atoms with E-state index in [2.05, 4.69) is 10.3 Å². The molecule has 3 N–H and O–H groups in total. The van der Waals surface area contributed by atoms with Crippen LogP contribution in [-0.4, -0.2) is 17.4 Å². The molecule has 2 rings (SSSR count). The van der Waals surface area contributed by atoms with Crippen molar-refractivity contribution in [3.8, 4) is 11.5 Å². The van der Waals surface area contributed by atoms with Gasteiger partial charge in [-0.15, -0.1) is 12.4 Å². The Labute approximate surface area is 149 Å². The molecule has 0 saturated heterocycles. The van der Waals surface area contributed by atoms with Gasteiger partial charge in [-0.05, 0) is 51.4 Å². The fourth-order valence-electron chi connectivity index (χ4n) is 2.33. The first-order valence-corrected chi connectivity index (χ1v) is 8.14. The minimum Gasteiger partial charge on any atom is -0.441 e. The summed E-state index contributed by atoms with van der Waals surface area (Å²) in [5.41, 5.74) is 7.96. The second kappa shape index (κ2) is 10.1. The van der Waals surface area contributed by atoms with Gasteiger partial charge in [-0.1, -0.05) is 18.9 Å². The number of aromatic nitrogens is 1. The van der Waals surface area contributed by atoms with Gasteiger partial charge < -0.3 is 15.5 Å². The van der Waals surface area contributed by atoms with Gasteiger partial charge in [0.15, 0.2) is 0 Å². The summed E-state index contributed by atoms with van der Waals surface area (Å²) in [6, 6.07) is 7.57. The maximum absolute atomic E-state index is 12.0. The lowest BCUT2D eigenvalue weighted by Crippen LogP contribution is -2.11. The summed E-state index contributed by atoms with van der Waals surface area (Å²) in [5.74, 6) is 1.43. The van der Waals surface area contributed by atoms with Crippen molar-refractivity contribution >= 4 is 24.0 Å². The summed E-state index contributed by atoms with van der Waals surface area (Å²) >= 11 is 0. The molecule has 0 spiro atoms. The fourth-order valence-corrected chi connectivity index (χ4v) is 2.33. The molecular formula is C18H26ClN3O2. The van der Waals surface area contributed by atoms with E-state index in [0.717, 1.165) is 54.9 Å². The lowest BCUT2D eigenvalue weighted by molar-refractivity contribution is -0.116. The summed E-state index contributed by atoms with van der Waals surface area (Å²) < 4.78 is 5.63. The van der Waals surface area contributed by atoms with E-state index in [4.69, 9.17) is 10.2 Å². The second-order valence-corrected chi connectivity index (χ2v) is 5.74. The predicted molar refractivity (Wildman–Crippen MR) is 99.4 cm³/mol. The first-order valence-electron chi connectivity index (χ1n) is 8.14. The average molecular weight is 352 g/mol. The standard InChI is InChI=1S/C18H25N3O2.ClH/c1-13-14(2)23-18(20-13)15-8-7-9-16(12-15)21-17(22)10-5-3-4-6-11-19;/h7-9,12H,3-6,10-11,19H2,1-2H3,(H,21,22);1H. The van der Waals surface area contributed by atoms with Crippen LogP contribution in [-0.2, 0) is 4.79 Å². The number of hydrogen-bond acceptors (Lipinski definition) is 4. The van der Waals surface area contributed by atoms with Gasteiger partial charge in [0.05, 0.1) is 5.69 Å². The van der Waals surface area contributed by atoms with Crippen LogP contribution in [0.3, 0.4) is 0 Å². The molecule has 0 aliphatic heterocycles. The number of aryl methyl sites for hydroxylation is 2. The number of anilines is 1. The van der Waals surface area contributed by atoms with Crippen molar-refractivity contribution < 1.29 is 9.21 Å². The van der Waals surface area contributed by atoms with Crippen LogP contribution in [0.5, 0.6) is 0 Å². The van der Waals surface area contributed by atoms with Gasteiger partial charge in [0, 0.05) is 17.7 Å². The largest absolute Gasteiger partial charge is 0.441 e. The number of nitrogens with zero attached hydrogens (tertiary/aromatic N) is 1. The van der Waals surface area contributed by atoms with Gasteiger partial charge in [0.25, 0.3) is 0 Å². The zero-order chi connectivity index (χ0) is 16.7.